The molecule has 1 amide bonds. The number of hydrogen-bond donors (Lipinski definition) is 3. The van der Waals surface area contributed by atoms with Crippen molar-refractivity contribution in [3.63, 3.8) is 0 Å². The molecule has 0 aromatic heterocycles. The molecule has 4 N–H and O–H groups in total. The summed E-state index contributed by atoms with van der Waals surface area (Å²) in [6.45, 7) is 5.72. The molecule has 1 rings (SSSR count). The Balaban J connectivity index is 2.75. The van der Waals surface area contributed by atoms with Crippen LogP contribution in [0.1, 0.15) is 38.9 Å². The number of nitrogens with one attached hydrogen (secondary N) is 1. The van der Waals surface area contributed by atoms with Crippen molar-refractivity contribution >= 4 is 23.4 Å². The molecule has 0 fully saturated rings. The van der Waals surface area contributed by atoms with Gasteiger partial charge in [-0.15, -0.1) is 0 Å². The molecule has 0 aliphatic carbocycles. The lowest BCUT2D eigenvalue weighted by Gasteiger charge is -2.20. The summed E-state index contributed by atoms with van der Waals surface area (Å²) in [5.74, 6) is 0. The Hall–Kier alpha value is -1.30. The Labute approximate surface area is 124 Å². The number of halogens is 1. The van der Waals surface area contributed by atoms with E-state index in [2.05, 4.69) is 5.32 Å². The van der Waals surface area contributed by atoms with E-state index < -0.39 is 17.8 Å². The number of hydrogen-bond acceptors (Lipinski definition) is 4. The van der Waals surface area contributed by atoms with Gasteiger partial charge in [-0.3, -0.25) is 5.32 Å². The van der Waals surface area contributed by atoms with Crippen LogP contribution >= 0.6 is 11.6 Å². The number of aliphatic hydroxyl groups is 1. The lowest BCUT2D eigenvalue weighted by molar-refractivity contribution is 0.0636. The van der Waals surface area contributed by atoms with Crippen LogP contribution in [0.5, 0.6) is 0 Å². The summed E-state index contributed by atoms with van der Waals surface area (Å²) in [5.41, 5.74) is 5.93. The van der Waals surface area contributed by atoms with Crippen molar-refractivity contribution in [2.24, 2.45) is 5.73 Å². The molecule has 0 spiro atoms. The van der Waals surface area contributed by atoms with Gasteiger partial charge < -0.3 is 15.6 Å². The molecule has 1 aromatic carbocycles. The van der Waals surface area contributed by atoms with E-state index in [9.17, 15) is 9.90 Å². The van der Waals surface area contributed by atoms with Gasteiger partial charge in [0.1, 0.15) is 5.60 Å². The summed E-state index contributed by atoms with van der Waals surface area (Å²) in [6.07, 6.45) is -0.828. The second-order valence-corrected chi connectivity index (χ2v) is 5.86. The van der Waals surface area contributed by atoms with Crippen LogP contribution < -0.4 is 11.1 Å². The Morgan fingerprint density at radius 1 is 1.50 bits per heavy atom. The zero-order chi connectivity index (χ0) is 15.3. The first-order valence-electron chi connectivity index (χ1n) is 6.40. The molecule has 1 atom stereocenters. The van der Waals surface area contributed by atoms with Crippen molar-refractivity contribution in [3.8, 4) is 0 Å². The molecule has 5 nitrogen and oxygen atoms in total. The molecule has 0 unspecified atom stereocenters. The fourth-order valence-electron chi connectivity index (χ4n) is 1.61. The second kappa shape index (κ2) is 6.92. The van der Waals surface area contributed by atoms with E-state index in [1.807, 2.05) is 0 Å². The maximum absolute atomic E-state index is 11.6. The molecule has 0 radical (unpaired) electrons. The number of benzene rings is 1. The molecular weight excluding hydrogens is 280 g/mol. The van der Waals surface area contributed by atoms with Gasteiger partial charge in [0, 0.05) is 10.7 Å². The van der Waals surface area contributed by atoms with Gasteiger partial charge in [-0.1, -0.05) is 17.7 Å². The van der Waals surface area contributed by atoms with Gasteiger partial charge in [-0.2, -0.15) is 0 Å². The Bertz CT molecular complexity index is 472. The van der Waals surface area contributed by atoms with E-state index in [1.165, 1.54) is 0 Å². The summed E-state index contributed by atoms with van der Waals surface area (Å²) >= 11 is 6.08. The van der Waals surface area contributed by atoms with Crippen LogP contribution in [0.2, 0.25) is 5.02 Å². The van der Waals surface area contributed by atoms with Crippen molar-refractivity contribution in [2.75, 3.05) is 11.9 Å². The number of rotatable bonds is 4. The highest BCUT2D eigenvalue weighted by Gasteiger charge is 2.17. The normalized spacial score (nSPS) is 12.9. The monoisotopic (exact) mass is 300 g/mol. The topological polar surface area (TPSA) is 84.6 Å². The largest absolute Gasteiger partial charge is 0.444 e. The number of nitrogens with two attached hydrogens (primary N) is 1. The van der Waals surface area contributed by atoms with Crippen LogP contribution in [0.3, 0.4) is 0 Å². The number of carbonyl (C=O) groups excluding carboxylic acids is 1. The van der Waals surface area contributed by atoms with Crippen molar-refractivity contribution < 1.29 is 14.6 Å². The predicted octanol–water partition coefficient (Wildman–Crippen LogP) is 3.07. The quantitative estimate of drug-likeness (QED) is 0.798. The summed E-state index contributed by atoms with van der Waals surface area (Å²) < 4.78 is 5.14. The summed E-state index contributed by atoms with van der Waals surface area (Å²) in [6, 6.07) is 4.89. The van der Waals surface area contributed by atoms with E-state index in [1.54, 1.807) is 39.0 Å². The predicted molar refractivity (Wildman–Crippen MR) is 79.9 cm³/mol. The molecule has 0 saturated carbocycles. The molecule has 1 aromatic rings. The van der Waals surface area contributed by atoms with Gasteiger partial charge in [-0.25, -0.2) is 4.79 Å². The Morgan fingerprint density at radius 2 is 2.15 bits per heavy atom. The zero-order valence-corrected chi connectivity index (χ0v) is 12.7. The summed E-state index contributed by atoms with van der Waals surface area (Å²) in [4.78, 5) is 11.6. The molecule has 0 bridgehead atoms. The number of anilines is 1. The number of amides is 1. The number of ether oxygens (including phenoxy) is 1. The van der Waals surface area contributed by atoms with Crippen molar-refractivity contribution in [3.05, 3.63) is 28.8 Å². The average Bonchev–Trinajstić information content (AvgIpc) is 2.26. The molecule has 20 heavy (non-hydrogen) atoms. The Kier molecular flexibility index (Phi) is 5.80. The lowest BCUT2D eigenvalue weighted by atomic mass is 10.1. The van der Waals surface area contributed by atoms with Crippen LogP contribution in [-0.4, -0.2) is 23.3 Å². The van der Waals surface area contributed by atoms with Gasteiger partial charge in [-0.05, 0) is 51.4 Å². The summed E-state index contributed by atoms with van der Waals surface area (Å²) in [7, 11) is 0. The van der Waals surface area contributed by atoms with Gasteiger partial charge in [0.05, 0.1) is 6.10 Å². The van der Waals surface area contributed by atoms with Crippen LogP contribution in [0.4, 0.5) is 10.5 Å². The van der Waals surface area contributed by atoms with Gasteiger partial charge in [0.2, 0.25) is 0 Å². The van der Waals surface area contributed by atoms with Crippen molar-refractivity contribution in [2.45, 2.75) is 38.9 Å². The van der Waals surface area contributed by atoms with Crippen LogP contribution in [0.15, 0.2) is 18.2 Å². The third-order valence-electron chi connectivity index (χ3n) is 2.44. The molecule has 0 saturated heterocycles. The molecule has 0 heterocycles. The molecule has 6 heteroatoms. The zero-order valence-electron chi connectivity index (χ0n) is 11.9. The first-order valence-corrected chi connectivity index (χ1v) is 6.78. The molecule has 112 valence electrons. The number of aliphatic hydroxyl groups excluding tert-OH is 1. The Morgan fingerprint density at radius 3 is 2.65 bits per heavy atom. The molecule has 0 aliphatic heterocycles. The van der Waals surface area contributed by atoms with Crippen molar-refractivity contribution in [1.29, 1.82) is 0 Å². The van der Waals surface area contributed by atoms with E-state index >= 15 is 0 Å². The smallest absolute Gasteiger partial charge is 0.412 e. The first kappa shape index (κ1) is 16.8. The minimum atomic E-state index is -0.705. The second-order valence-electron chi connectivity index (χ2n) is 5.46. The highest BCUT2D eigenvalue weighted by molar-refractivity contribution is 6.31. The maximum atomic E-state index is 11.6. The minimum absolute atomic E-state index is 0.370. The number of carbonyl (C=O) groups is 1. The van der Waals surface area contributed by atoms with Gasteiger partial charge in [0.25, 0.3) is 0 Å². The average molecular weight is 301 g/mol. The van der Waals surface area contributed by atoms with Crippen LogP contribution in [0, 0.1) is 0 Å². The lowest BCUT2D eigenvalue weighted by Crippen LogP contribution is -2.27. The highest BCUT2D eigenvalue weighted by atomic mass is 35.5. The summed E-state index contributed by atoms with van der Waals surface area (Å²) in [5, 5.41) is 12.8. The first-order chi connectivity index (χ1) is 9.23. The minimum Gasteiger partial charge on any atom is -0.444 e. The van der Waals surface area contributed by atoms with E-state index in [4.69, 9.17) is 22.1 Å². The third-order valence-corrected chi connectivity index (χ3v) is 2.77. The van der Waals surface area contributed by atoms with Crippen LogP contribution in [-0.2, 0) is 4.74 Å². The highest BCUT2D eigenvalue weighted by Crippen LogP contribution is 2.28. The fraction of sp³-hybridized carbons (Fsp3) is 0.500. The van der Waals surface area contributed by atoms with E-state index in [0.717, 1.165) is 0 Å². The van der Waals surface area contributed by atoms with E-state index in [0.29, 0.717) is 29.2 Å². The SMILES string of the molecule is CC(C)(C)OC(=O)Nc1ccc([C@@H](O)CCN)c(Cl)c1. The molecule has 0 aliphatic rings. The fourth-order valence-corrected chi connectivity index (χ4v) is 1.92. The molecular formula is C14H21ClN2O3. The standard InChI is InChI=1S/C14H21ClN2O3/c1-14(2,3)20-13(19)17-9-4-5-10(11(15)8-9)12(18)6-7-16/h4-5,8,12,18H,6-7,16H2,1-3H3,(H,17,19)/t12-/m0/s1. The van der Waals surface area contributed by atoms with Crippen molar-refractivity contribution in [1.82, 2.24) is 0 Å². The third kappa shape index (κ3) is 5.36. The van der Waals surface area contributed by atoms with E-state index in [-0.39, 0.29) is 0 Å². The maximum Gasteiger partial charge on any atom is 0.412 e. The van der Waals surface area contributed by atoms with Gasteiger partial charge in [0.15, 0.2) is 0 Å². The van der Waals surface area contributed by atoms with Crippen LogP contribution in [0.25, 0.3) is 0 Å². The van der Waals surface area contributed by atoms with Gasteiger partial charge >= 0.3 is 6.09 Å².